The first-order chi connectivity index (χ1) is 7.66. The van der Waals surface area contributed by atoms with Crippen LogP contribution in [0.1, 0.15) is 35.3 Å². The average Bonchev–Trinajstić information content (AvgIpc) is 2.27. The zero-order valence-corrected chi connectivity index (χ0v) is 9.84. The van der Waals surface area contributed by atoms with Crippen LogP contribution < -0.4 is 10.6 Å². The van der Waals surface area contributed by atoms with Gasteiger partial charge in [-0.05, 0) is 50.1 Å². The summed E-state index contributed by atoms with van der Waals surface area (Å²) >= 11 is 0. The van der Waals surface area contributed by atoms with E-state index in [0.29, 0.717) is 0 Å². The van der Waals surface area contributed by atoms with Gasteiger partial charge in [0.2, 0.25) is 0 Å². The first kappa shape index (κ1) is 11.1. The molecule has 0 bridgehead atoms. The lowest BCUT2D eigenvalue weighted by atomic mass is 9.98. The van der Waals surface area contributed by atoms with E-state index in [1.807, 2.05) is 26.0 Å². The second kappa shape index (κ2) is 4.66. The Kier molecular flexibility index (Phi) is 3.25. The minimum Gasteiger partial charge on any atom is -0.350 e. The molecule has 0 saturated heterocycles. The summed E-state index contributed by atoms with van der Waals surface area (Å²) < 4.78 is 0. The third-order valence-electron chi connectivity index (χ3n) is 2.77. The number of fused-ring (bicyclic) bond motifs is 1. The first-order valence-electron chi connectivity index (χ1n) is 5.80. The van der Waals surface area contributed by atoms with Gasteiger partial charge in [-0.25, -0.2) is 0 Å². The molecule has 2 N–H and O–H groups in total. The highest BCUT2D eigenvalue weighted by Crippen LogP contribution is 2.15. The Balaban J connectivity index is 2.19. The third-order valence-corrected chi connectivity index (χ3v) is 2.77. The van der Waals surface area contributed by atoms with Crippen molar-refractivity contribution in [2.24, 2.45) is 0 Å². The van der Waals surface area contributed by atoms with E-state index in [2.05, 4.69) is 16.7 Å². The fourth-order valence-electron chi connectivity index (χ4n) is 1.97. The summed E-state index contributed by atoms with van der Waals surface area (Å²) in [6.07, 6.45) is 1.06. The van der Waals surface area contributed by atoms with E-state index in [1.165, 1.54) is 11.1 Å². The highest BCUT2D eigenvalue weighted by molar-refractivity contribution is 5.94. The van der Waals surface area contributed by atoms with Crippen molar-refractivity contribution < 1.29 is 4.79 Å². The molecule has 0 fully saturated rings. The molecule has 2 rings (SSSR count). The molecule has 1 aliphatic heterocycles. The highest BCUT2D eigenvalue weighted by atomic mass is 16.1. The maximum absolute atomic E-state index is 11.8. The summed E-state index contributed by atoms with van der Waals surface area (Å²) in [5, 5.41) is 6.22. The third kappa shape index (κ3) is 2.42. The standard InChI is InChI=1S/C13H18N2O/c1-9(2)15-13(16)11-4-3-10-5-6-14-8-12(10)7-11/h3-4,7,9,14H,5-6,8H2,1-2H3,(H,15,16). The van der Waals surface area contributed by atoms with Crippen LogP contribution >= 0.6 is 0 Å². The minimum absolute atomic E-state index is 0.0170. The Morgan fingerprint density at radius 3 is 2.94 bits per heavy atom. The van der Waals surface area contributed by atoms with Crippen LogP contribution in [0.3, 0.4) is 0 Å². The van der Waals surface area contributed by atoms with Crippen LogP contribution in [0.2, 0.25) is 0 Å². The van der Waals surface area contributed by atoms with Crippen LogP contribution in [-0.4, -0.2) is 18.5 Å². The summed E-state index contributed by atoms with van der Waals surface area (Å²) in [7, 11) is 0. The quantitative estimate of drug-likeness (QED) is 0.789. The minimum atomic E-state index is 0.0170. The first-order valence-corrected chi connectivity index (χ1v) is 5.80. The van der Waals surface area contributed by atoms with E-state index in [-0.39, 0.29) is 11.9 Å². The molecule has 0 saturated carbocycles. The van der Waals surface area contributed by atoms with Gasteiger partial charge in [0, 0.05) is 18.2 Å². The van der Waals surface area contributed by atoms with E-state index < -0.39 is 0 Å². The largest absolute Gasteiger partial charge is 0.350 e. The molecule has 0 spiro atoms. The molecule has 0 radical (unpaired) electrons. The summed E-state index contributed by atoms with van der Waals surface area (Å²) in [6, 6.07) is 6.17. The number of hydrogen-bond donors (Lipinski definition) is 2. The van der Waals surface area contributed by atoms with Gasteiger partial charge < -0.3 is 10.6 Å². The van der Waals surface area contributed by atoms with E-state index in [1.54, 1.807) is 0 Å². The van der Waals surface area contributed by atoms with Crippen molar-refractivity contribution in [3.05, 3.63) is 34.9 Å². The fraction of sp³-hybridized carbons (Fsp3) is 0.462. The van der Waals surface area contributed by atoms with Crippen molar-refractivity contribution in [1.29, 1.82) is 0 Å². The van der Waals surface area contributed by atoms with Gasteiger partial charge in [-0.2, -0.15) is 0 Å². The molecule has 0 aliphatic carbocycles. The predicted octanol–water partition coefficient (Wildman–Crippen LogP) is 1.47. The molecule has 0 atom stereocenters. The van der Waals surface area contributed by atoms with Crippen molar-refractivity contribution >= 4 is 5.91 Å². The van der Waals surface area contributed by atoms with Gasteiger partial charge in [0.15, 0.2) is 0 Å². The van der Waals surface area contributed by atoms with E-state index in [4.69, 9.17) is 0 Å². The molecule has 1 heterocycles. The molecule has 3 heteroatoms. The van der Waals surface area contributed by atoms with Crippen LogP contribution in [0, 0.1) is 0 Å². The summed E-state index contributed by atoms with van der Waals surface area (Å²) in [4.78, 5) is 11.8. The zero-order valence-electron chi connectivity index (χ0n) is 9.84. The monoisotopic (exact) mass is 218 g/mol. The van der Waals surface area contributed by atoms with Crippen LogP contribution in [-0.2, 0) is 13.0 Å². The van der Waals surface area contributed by atoms with Crippen molar-refractivity contribution in [2.45, 2.75) is 32.9 Å². The Hall–Kier alpha value is -1.35. The van der Waals surface area contributed by atoms with Crippen LogP contribution in [0.15, 0.2) is 18.2 Å². The molecular formula is C13H18N2O. The zero-order chi connectivity index (χ0) is 11.5. The van der Waals surface area contributed by atoms with Crippen LogP contribution in [0.5, 0.6) is 0 Å². The number of amides is 1. The van der Waals surface area contributed by atoms with Gasteiger partial charge in [-0.15, -0.1) is 0 Å². The topological polar surface area (TPSA) is 41.1 Å². The van der Waals surface area contributed by atoms with E-state index in [9.17, 15) is 4.79 Å². The lowest BCUT2D eigenvalue weighted by Crippen LogP contribution is -2.30. The number of hydrogen-bond acceptors (Lipinski definition) is 2. The molecule has 16 heavy (non-hydrogen) atoms. The number of carbonyl (C=O) groups excluding carboxylic acids is 1. The lowest BCUT2D eigenvalue weighted by molar-refractivity contribution is 0.0943. The van der Waals surface area contributed by atoms with Crippen molar-refractivity contribution in [2.75, 3.05) is 6.54 Å². The smallest absolute Gasteiger partial charge is 0.251 e. The SMILES string of the molecule is CC(C)NC(=O)c1ccc2c(c1)CNCC2. The van der Waals surface area contributed by atoms with E-state index in [0.717, 1.165) is 25.1 Å². The summed E-state index contributed by atoms with van der Waals surface area (Å²) in [5.74, 6) is 0.0170. The molecule has 1 aliphatic rings. The highest BCUT2D eigenvalue weighted by Gasteiger charge is 2.12. The van der Waals surface area contributed by atoms with Crippen molar-refractivity contribution in [3.63, 3.8) is 0 Å². The second-order valence-electron chi connectivity index (χ2n) is 4.54. The Labute approximate surface area is 96.2 Å². The van der Waals surface area contributed by atoms with Gasteiger partial charge in [0.1, 0.15) is 0 Å². The molecule has 0 unspecified atom stereocenters. The molecule has 86 valence electrons. The predicted molar refractivity (Wildman–Crippen MR) is 64.5 cm³/mol. The van der Waals surface area contributed by atoms with Gasteiger partial charge in [0.05, 0.1) is 0 Å². The molecule has 1 amide bonds. The summed E-state index contributed by atoms with van der Waals surface area (Å²) in [6.45, 7) is 5.85. The number of carbonyl (C=O) groups is 1. The average molecular weight is 218 g/mol. The maximum atomic E-state index is 11.8. The number of benzene rings is 1. The van der Waals surface area contributed by atoms with Gasteiger partial charge >= 0.3 is 0 Å². The lowest BCUT2D eigenvalue weighted by Gasteiger charge is -2.18. The molecule has 3 nitrogen and oxygen atoms in total. The van der Waals surface area contributed by atoms with Crippen molar-refractivity contribution in [1.82, 2.24) is 10.6 Å². The molecule has 0 aromatic heterocycles. The molecule has 1 aromatic carbocycles. The normalized spacial score (nSPS) is 14.7. The Morgan fingerprint density at radius 1 is 1.38 bits per heavy atom. The Morgan fingerprint density at radius 2 is 2.19 bits per heavy atom. The fourth-order valence-corrected chi connectivity index (χ4v) is 1.97. The summed E-state index contributed by atoms with van der Waals surface area (Å²) in [5.41, 5.74) is 3.37. The van der Waals surface area contributed by atoms with Crippen molar-refractivity contribution in [3.8, 4) is 0 Å². The second-order valence-corrected chi connectivity index (χ2v) is 4.54. The Bertz CT molecular complexity index is 399. The molecule has 1 aromatic rings. The van der Waals surface area contributed by atoms with Gasteiger partial charge in [0.25, 0.3) is 5.91 Å². The maximum Gasteiger partial charge on any atom is 0.251 e. The van der Waals surface area contributed by atoms with Gasteiger partial charge in [-0.3, -0.25) is 4.79 Å². The van der Waals surface area contributed by atoms with Crippen LogP contribution in [0.4, 0.5) is 0 Å². The van der Waals surface area contributed by atoms with Crippen LogP contribution in [0.25, 0.3) is 0 Å². The number of nitrogens with one attached hydrogen (secondary N) is 2. The number of rotatable bonds is 2. The van der Waals surface area contributed by atoms with E-state index >= 15 is 0 Å². The van der Waals surface area contributed by atoms with Gasteiger partial charge in [-0.1, -0.05) is 6.07 Å². The molecular weight excluding hydrogens is 200 g/mol.